The van der Waals surface area contributed by atoms with Gasteiger partial charge in [-0.25, -0.2) is 0 Å². The first kappa shape index (κ1) is 13.5. The molecule has 1 aliphatic carbocycles. The zero-order chi connectivity index (χ0) is 13.8. The first-order chi connectivity index (χ1) is 9.08. The van der Waals surface area contributed by atoms with Crippen molar-refractivity contribution < 1.29 is 14.8 Å². The highest BCUT2D eigenvalue weighted by molar-refractivity contribution is 5.94. The molecule has 0 spiro atoms. The molecule has 0 aliphatic heterocycles. The van der Waals surface area contributed by atoms with Crippen molar-refractivity contribution in [3.63, 3.8) is 0 Å². The van der Waals surface area contributed by atoms with Gasteiger partial charge >= 0.3 is 0 Å². The van der Waals surface area contributed by atoms with Crippen molar-refractivity contribution in [2.45, 2.75) is 25.4 Å². The summed E-state index contributed by atoms with van der Waals surface area (Å²) in [6.45, 7) is 0.441. The molecule has 1 aromatic carbocycles. The molecule has 2 unspecified atom stereocenters. The molecule has 1 aromatic rings. The van der Waals surface area contributed by atoms with E-state index in [0.717, 1.165) is 19.3 Å². The van der Waals surface area contributed by atoms with Crippen LogP contribution in [0, 0.1) is 16.0 Å². The lowest BCUT2D eigenvalue weighted by Gasteiger charge is -2.14. The van der Waals surface area contributed by atoms with Crippen molar-refractivity contribution in [1.29, 1.82) is 0 Å². The first-order valence-corrected chi connectivity index (χ1v) is 6.28. The lowest BCUT2D eigenvalue weighted by molar-refractivity contribution is -0.384. The van der Waals surface area contributed by atoms with Crippen molar-refractivity contribution in [1.82, 2.24) is 5.32 Å². The molecule has 2 atom stereocenters. The van der Waals surface area contributed by atoms with Crippen molar-refractivity contribution in [2.75, 3.05) is 6.54 Å². The van der Waals surface area contributed by atoms with E-state index in [0.29, 0.717) is 12.1 Å². The van der Waals surface area contributed by atoms with E-state index < -0.39 is 4.92 Å². The van der Waals surface area contributed by atoms with Gasteiger partial charge in [0.15, 0.2) is 0 Å². The largest absolute Gasteiger partial charge is 0.393 e. The highest BCUT2D eigenvalue weighted by Crippen LogP contribution is 2.24. The van der Waals surface area contributed by atoms with Gasteiger partial charge in [0.05, 0.1) is 11.0 Å². The van der Waals surface area contributed by atoms with Crippen LogP contribution in [0.2, 0.25) is 0 Å². The molecule has 0 saturated heterocycles. The van der Waals surface area contributed by atoms with Gasteiger partial charge in [-0.1, -0.05) is 6.42 Å². The molecule has 102 valence electrons. The van der Waals surface area contributed by atoms with Gasteiger partial charge in [0, 0.05) is 30.2 Å². The van der Waals surface area contributed by atoms with Crippen LogP contribution >= 0.6 is 0 Å². The number of aliphatic hydroxyl groups excluding tert-OH is 1. The molecule has 6 heteroatoms. The van der Waals surface area contributed by atoms with Gasteiger partial charge < -0.3 is 10.4 Å². The summed E-state index contributed by atoms with van der Waals surface area (Å²) in [4.78, 5) is 21.8. The molecule has 1 saturated carbocycles. The third kappa shape index (κ3) is 3.29. The van der Waals surface area contributed by atoms with Crippen LogP contribution in [0.25, 0.3) is 0 Å². The second-order valence-electron chi connectivity index (χ2n) is 4.77. The summed E-state index contributed by atoms with van der Waals surface area (Å²) in [6, 6.07) is 5.47. The maximum atomic E-state index is 11.8. The molecule has 2 rings (SSSR count). The zero-order valence-corrected chi connectivity index (χ0v) is 10.4. The van der Waals surface area contributed by atoms with Crippen LogP contribution in [-0.4, -0.2) is 28.6 Å². The van der Waals surface area contributed by atoms with Crippen LogP contribution in [-0.2, 0) is 0 Å². The fourth-order valence-corrected chi connectivity index (χ4v) is 2.32. The van der Waals surface area contributed by atoms with E-state index in [4.69, 9.17) is 0 Å². The number of hydrogen-bond donors (Lipinski definition) is 2. The van der Waals surface area contributed by atoms with Crippen LogP contribution in [0.4, 0.5) is 5.69 Å². The smallest absolute Gasteiger partial charge is 0.269 e. The summed E-state index contributed by atoms with van der Waals surface area (Å²) in [5.41, 5.74) is 0.348. The Morgan fingerprint density at radius 3 is 2.58 bits per heavy atom. The van der Waals surface area contributed by atoms with E-state index in [-0.39, 0.29) is 23.6 Å². The molecule has 1 amide bonds. The standard InChI is InChI=1S/C13H16N2O4/c16-12-3-1-2-10(12)8-14-13(17)9-4-6-11(7-5-9)15(18)19/h4-7,10,12,16H,1-3,8H2,(H,14,17). The minimum Gasteiger partial charge on any atom is -0.393 e. The molecule has 19 heavy (non-hydrogen) atoms. The van der Waals surface area contributed by atoms with E-state index in [9.17, 15) is 20.0 Å². The van der Waals surface area contributed by atoms with Crippen LogP contribution in [0.15, 0.2) is 24.3 Å². The van der Waals surface area contributed by atoms with E-state index >= 15 is 0 Å². The monoisotopic (exact) mass is 264 g/mol. The number of nitrogens with one attached hydrogen (secondary N) is 1. The summed E-state index contributed by atoms with van der Waals surface area (Å²) in [5, 5.41) is 22.9. The number of nitrogens with zero attached hydrogens (tertiary/aromatic N) is 1. The maximum Gasteiger partial charge on any atom is 0.269 e. The average molecular weight is 264 g/mol. The summed E-state index contributed by atoms with van der Waals surface area (Å²) in [6.07, 6.45) is 2.36. The number of non-ortho nitro benzene ring substituents is 1. The highest BCUT2D eigenvalue weighted by atomic mass is 16.6. The first-order valence-electron chi connectivity index (χ1n) is 6.28. The number of hydrogen-bond acceptors (Lipinski definition) is 4. The normalized spacial score (nSPS) is 22.2. The highest BCUT2D eigenvalue weighted by Gasteiger charge is 2.25. The Labute approximate surface area is 110 Å². The topological polar surface area (TPSA) is 92.5 Å². The number of amides is 1. The molecule has 0 radical (unpaired) electrons. The molecule has 0 aromatic heterocycles. The number of nitro groups is 1. The number of carbonyl (C=O) groups excluding carboxylic acids is 1. The van der Waals surface area contributed by atoms with Gasteiger partial charge in [0.2, 0.25) is 0 Å². The van der Waals surface area contributed by atoms with E-state index in [2.05, 4.69) is 5.32 Å². The number of aliphatic hydroxyl groups is 1. The summed E-state index contributed by atoms with van der Waals surface area (Å²) in [7, 11) is 0. The van der Waals surface area contributed by atoms with E-state index in [1.54, 1.807) is 0 Å². The van der Waals surface area contributed by atoms with Crippen molar-refractivity contribution in [3.8, 4) is 0 Å². The third-order valence-corrected chi connectivity index (χ3v) is 3.48. The quantitative estimate of drug-likeness (QED) is 0.636. The molecule has 1 fully saturated rings. The third-order valence-electron chi connectivity index (χ3n) is 3.48. The number of nitro benzene ring substituents is 1. The molecular formula is C13H16N2O4. The molecule has 2 N–H and O–H groups in total. The lowest BCUT2D eigenvalue weighted by atomic mass is 10.1. The number of carbonyl (C=O) groups is 1. The van der Waals surface area contributed by atoms with Crippen molar-refractivity contribution >= 4 is 11.6 Å². The lowest BCUT2D eigenvalue weighted by Crippen LogP contribution is -2.32. The fraction of sp³-hybridized carbons (Fsp3) is 0.462. The van der Waals surface area contributed by atoms with E-state index in [1.807, 2.05) is 0 Å². The van der Waals surface area contributed by atoms with Gasteiger partial charge in [-0.3, -0.25) is 14.9 Å². The minimum atomic E-state index is -0.503. The summed E-state index contributed by atoms with van der Waals surface area (Å²) >= 11 is 0. The zero-order valence-electron chi connectivity index (χ0n) is 10.4. The Kier molecular flexibility index (Phi) is 4.11. The number of benzene rings is 1. The second-order valence-corrected chi connectivity index (χ2v) is 4.77. The Hall–Kier alpha value is -1.95. The second kappa shape index (κ2) is 5.79. The number of rotatable bonds is 4. The van der Waals surface area contributed by atoms with Gasteiger partial charge in [-0.05, 0) is 25.0 Å². The van der Waals surface area contributed by atoms with Crippen molar-refractivity contribution in [2.24, 2.45) is 5.92 Å². The molecule has 6 nitrogen and oxygen atoms in total. The fourth-order valence-electron chi connectivity index (χ4n) is 2.32. The van der Waals surface area contributed by atoms with Gasteiger partial charge in [0.25, 0.3) is 11.6 Å². The minimum absolute atomic E-state index is 0.0391. The van der Waals surface area contributed by atoms with Gasteiger partial charge in [-0.15, -0.1) is 0 Å². The van der Waals surface area contributed by atoms with Crippen LogP contribution in [0.5, 0.6) is 0 Å². The van der Waals surface area contributed by atoms with Crippen LogP contribution in [0.1, 0.15) is 29.6 Å². The Morgan fingerprint density at radius 2 is 2.05 bits per heavy atom. The van der Waals surface area contributed by atoms with Gasteiger partial charge in [0.1, 0.15) is 0 Å². The van der Waals surface area contributed by atoms with Gasteiger partial charge in [-0.2, -0.15) is 0 Å². The molecular weight excluding hydrogens is 248 g/mol. The molecule has 0 heterocycles. The Balaban J connectivity index is 1.90. The predicted molar refractivity (Wildman–Crippen MR) is 68.8 cm³/mol. The van der Waals surface area contributed by atoms with Crippen LogP contribution in [0.3, 0.4) is 0 Å². The SMILES string of the molecule is O=C(NCC1CCCC1O)c1ccc([N+](=O)[O-])cc1. The van der Waals surface area contributed by atoms with E-state index in [1.165, 1.54) is 24.3 Å². The molecule has 1 aliphatic rings. The predicted octanol–water partition coefficient (Wildman–Crippen LogP) is 1.49. The van der Waals surface area contributed by atoms with Crippen LogP contribution < -0.4 is 5.32 Å². The Bertz CT molecular complexity index is 472. The summed E-state index contributed by atoms with van der Waals surface area (Å²) in [5.74, 6) is -0.156. The maximum absolute atomic E-state index is 11.8. The average Bonchev–Trinajstić information content (AvgIpc) is 2.81. The summed E-state index contributed by atoms with van der Waals surface area (Å²) < 4.78 is 0. The Morgan fingerprint density at radius 1 is 1.37 bits per heavy atom. The van der Waals surface area contributed by atoms with Crippen molar-refractivity contribution in [3.05, 3.63) is 39.9 Å². The molecule has 0 bridgehead atoms.